The molecule has 0 unspecified atom stereocenters. The molecule has 0 aromatic heterocycles. The van der Waals surface area contributed by atoms with Crippen molar-refractivity contribution >= 4 is 11.6 Å². The average Bonchev–Trinajstić information content (AvgIpc) is 2.75. The van der Waals surface area contributed by atoms with Gasteiger partial charge in [-0.2, -0.15) is 0 Å². The molecule has 0 radical (unpaired) electrons. The van der Waals surface area contributed by atoms with Gasteiger partial charge in [0.15, 0.2) is 0 Å². The molecule has 1 aliphatic carbocycles. The van der Waals surface area contributed by atoms with Crippen LogP contribution in [-0.4, -0.2) is 6.04 Å². The molecular formula is C9H8ClF2N. The molecule has 1 nitrogen and oxygen atoms in total. The molecule has 2 rings (SSSR count). The van der Waals surface area contributed by atoms with Crippen LogP contribution in [0.15, 0.2) is 12.1 Å². The van der Waals surface area contributed by atoms with Gasteiger partial charge in [0.2, 0.25) is 0 Å². The Hall–Kier alpha value is -0.670. The predicted molar refractivity (Wildman–Crippen MR) is 46.7 cm³/mol. The summed E-state index contributed by atoms with van der Waals surface area (Å²) in [6.45, 7) is 0. The normalized spacial score (nSPS) is 26.2. The highest BCUT2D eigenvalue weighted by Gasteiger charge is 2.37. The zero-order valence-electron chi connectivity index (χ0n) is 6.73. The van der Waals surface area contributed by atoms with Gasteiger partial charge < -0.3 is 5.73 Å². The zero-order chi connectivity index (χ0) is 9.59. The van der Waals surface area contributed by atoms with E-state index in [1.165, 1.54) is 0 Å². The summed E-state index contributed by atoms with van der Waals surface area (Å²) in [6.07, 6.45) is 0.720. The van der Waals surface area contributed by atoms with Crippen molar-refractivity contribution in [2.75, 3.05) is 0 Å². The van der Waals surface area contributed by atoms with E-state index in [0.717, 1.165) is 18.6 Å². The minimum Gasteiger partial charge on any atom is -0.327 e. The molecule has 70 valence electrons. The summed E-state index contributed by atoms with van der Waals surface area (Å²) in [7, 11) is 0. The molecule has 0 bridgehead atoms. The molecule has 4 heteroatoms. The second-order valence-corrected chi connectivity index (χ2v) is 3.70. The van der Waals surface area contributed by atoms with E-state index in [9.17, 15) is 8.78 Å². The molecule has 2 N–H and O–H groups in total. The van der Waals surface area contributed by atoms with Crippen LogP contribution < -0.4 is 5.73 Å². The maximum absolute atomic E-state index is 13.2. The molecule has 0 heterocycles. The van der Waals surface area contributed by atoms with Gasteiger partial charge in [0, 0.05) is 12.0 Å². The molecule has 1 aromatic rings. The number of hydrogen-bond acceptors (Lipinski definition) is 1. The highest BCUT2D eigenvalue weighted by Crippen LogP contribution is 2.41. The van der Waals surface area contributed by atoms with Crippen molar-refractivity contribution in [3.05, 3.63) is 34.4 Å². The van der Waals surface area contributed by atoms with Crippen LogP contribution in [0.5, 0.6) is 0 Å². The number of nitrogens with two attached hydrogens (primary N) is 1. The number of rotatable bonds is 1. The van der Waals surface area contributed by atoms with Crippen LogP contribution in [0, 0.1) is 11.6 Å². The third kappa shape index (κ3) is 1.54. The van der Waals surface area contributed by atoms with Crippen LogP contribution in [0.4, 0.5) is 8.78 Å². The fourth-order valence-corrected chi connectivity index (χ4v) is 1.54. The van der Waals surface area contributed by atoms with Gasteiger partial charge in [-0.15, -0.1) is 0 Å². The summed E-state index contributed by atoms with van der Waals surface area (Å²) < 4.78 is 26.1. The fourth-order valence-electron chi connectivity index (χ4n) is 1.39. The average molecular weight is 204 g/mol. The van der Waals surface area contributed by atoms with Gasteiger partial charge in [0.25, 0.3) is 0 Å². The van der Waals surface area contributed by atoms with Gasteiger partial charge in [-0.3, -0.25) is 0 Å². The Kier molecular flexibility index (Phi) is 2.00. The van der Waals surface area contributed by atoms with Crippen LogP contribution >= 0.6 is 11.6 Å². The van der Waals surface area contributed by atoms with Gasteiger partial charge in [-0.05, 0) is 24.1 Å². The van der Waals surface area contributed by atoms with Crippen molar-refractivity contribution in [2.24, 2.45) is 5.73 Å². The lowest BCUT2D eigenvalue weighted by molar-refractivity contribution is 0.585. The van der Waals surface area contributed by atoms with Crippen molar-refractivity contribution < 1.29 is 8.78 Å². The topological polar surface area (TPSA) is 26.0 Å². The SMILES string of the molecule is N[C@H]1C[C@@H]1c1cc(F)c(Cl)cc1F. The van der Waals surface area contributed by atoms with Crippen LogP contribution in [0.3, 0.4) is 0 Å². The first kappa shape index (κ1) is 8.91. The van der Waals surface area contributed by atoms with Gasteiger partial charge in [-0.1, -0.05) is 11.6 Å². The lowest BCUT2D eigenvalue weighted by Crippen LogP contribution is -2.02. The maximum Gasteiger partial charge on any atom is 0.142 e. The summed E-state index contributed by atoms with van der Waals surface area (Å²) >= 11 is 5.40. The Balaban J connectivity index is 2.41. The first-order valence-corrected chi connectivity index (χ1v) is 4.37. The second-order valence-electron chi connectivity index (χ2n) is 3.29. The minimum absolute atomic E-state index is 0.0323. The quantitative estimate of drug-likeness (QED) is 0.697. The molecule has 1 aromatic carbocycles. The van der Waals surface area contributed by atoms with E-state index < -0.39 is 11.6 Å². The molecule has 2 atom stereocenters. The largest absolute Gasteiger partial charge is 0.327 e. The Labute approximate surface area is 79.5 Å². The molecule has 0 spiro atoms. The van der Waals surface area contributed by atoms with E-state index in [0.29, 0.717) is 5.56 Å². The molecular weight excluding hydrogens is 196 g/mol. The van der Waals surface area contributed by atoms with E-state index in [4.69, 9.17) is 17.3 Å². The van der Waals surface area contributed by atoms with E-state index in [-0.39, 0.29) is 17.0 Å². The third-order valence-corrected chi connectivity index (χ3v) is 2.57. The van der Waals surface area contributed by atoms with E-state index in [1.807, 2.05) is 0 Å². The number of halogens is 3. The molecule has 13 heavy (non-hydrogen) atoms. The number of hydrogen-bond donors (Lipinski definition) is 1. The Morgan fingerprint density at radius 2 is 1.92 bits per heavy atom. The molecule has 1 aliphatic rings. The van der Waals surface area contributed by atoms with Crippen molar-refractivity contribution in [2.45, 2.75) is 18.4 Å². The summed E-state index contributed by atoms with van der Waals surface area (Å²) in [5.74, 6) is -1.09. The summed E-state index contributed by atoms with van der Waals surface area (Å²) in [5, 5.41) is -0.185. The Morgan fingerprint density at radius 3 is 2.46 bits per heavy atom. The third-order valence-electron chi connectivity index (χ3n) is 2.28. The van der Waals surface area contributed by atoms with Gasteiger partial charge >= 0.3 is 0 Å². The van der Waals surface area contributed by atoms with E-state index in [2.05, 4.69) is 0 Å². The lowest BCUT2D eigenvalue weighted by atomic mass is 10.1. The first-order chi connectivity index (χ1) is 6.09. The zero-order valence-corrected chi connectivity index (χ0v) is 7.48. The Morgan fingerprint density at radius 1 is 1.31 bits per heavy atom. The molecule has 0 aliphatic heterocycles. The van der Waals surface area contributed by atoms with Crippen molar-refractivity contribution in [3.63, 3.8) is 0 Å². The summed E-state index contributed by atoms with van der Waals surface area (Å²) in [6, 6.07) is 2.10. The molecule has 0 amide bonds. The van der Waals surface area contributed by atoms with Crippen molar-refractivity contribution in [3.8, 4) is 0 Å². The van der Waals surface area contributed by atoms with Crippen molar-refractivity contribution in [1.29, 1.82) is 0 Å². The lowest BCUT2D eigenvalue weighted by Gasteiger charge is -2.02. The smallest absolute Gasteiger partial charge is 0.142 e. The van der Waals surface area contributed by atoms with Gasteiger partial charge in [-0.25, -0.2) is 8.78 Å². The first-order valence-electron chi connectivity index (χ1n) is 3.99. The number of benzene rings is 1. The fraction of sp³-hybridized carbons (Fsp3) is 0.333. The summed E-state index contributed by atoms with van der Waals surface area (Å²) in [4.78, 5) is 0. The van der Waals surface area contributed by atoms with Crippen LogP contribution in [0.1, 0.15) is 17.9 Å². The van der Waals surface area contributed by atoms with E-state index >= 15 is 0 Å². The van der Waals surface area contributed by atoms with Crippen LogP contribution in [0.25, 0.3) is 0 Å². The summed E-state index contributed by atoms with van der Waals surface area (Å²) in [5.41, 5.74) is 5.88. The van der Waals surface area contributed by atoms with Gasteiger partial charge in [0.1, 0.15) is 11.6 Å². The second kappa shape index (κ2) is 2.93. The molecule has 0 saturated heterocycles. The van der Waals surface area contributed by atoms with Crippen LogP contribution in [0.2, 0.25) is 5.02 Å². The minimum atomic E-state index is -0.586. The monoisotopic (exact) mass is 203 g/mol. The standard InChI is InChI=1S/C9H8ClF2N/c10-6-3-7(11)4(1-8(6)12)5-2-9(5)13/h1,3,5,9H,2,13H2/t5-,9+/m1/s1. The van der Waals surface area contributed by atoms with Crippen molar-refractivity contribution in [1.82, 2.24) is 0 Å². The molecule has 1 saturated carbocycles. The molecule has 1 fully saturated rings. The highest BCUT2D eigenvalue weighted by molar-refractivity contribution is 6.30. The van der Waals surface area contributed by atoms with Crippen LogP contribution in [-0.2, 0) is 0 Å². The van der Waals surface area contributed by atoms with Gasteiger partial charge in [0.05, 0.1) is 5.02 Å². The van der Waals surface area contributed by atoms with E-state index in [1.54, 1.807) is 0 Å². The predicted octanol–water partition coefficient (Wildman–Crippen LogP) is 2.43. The Bertz CT molecular complexity index is 354. The maximum atomic E-state index is 13.2. The highest BCUT2D eigenvalue weighted by atomic mass is 35.5.